The number of benzene rings is 1. The monoisotopic (exact) mass is 341 g/mol. The van der Waals surface area contributed by atoms with Gasteiger partial charge in [0.1, 0.15) is 11.6 Å². The van der Waals surface area contributed by atoms with Crippen LogP contribution in [0.25, 0.3) is 0 Å². The molecule has 2 N–H and O–H groups in total. The molecule has 3 rings (SSSR count). The number of ether oxygens (including phenoxy) is 1. The second kappa shape index (κ2) is 6.81. The number of anilines is 1. The Balaban J connectivity index is 2.04. The van der Waals surface area contributed by atoms with E-state index in [1.54, 1.807) is 19.2 Å². The van der Waals surface area contributed by atoms with Crippen LogP contribution in [0.2, 0.25) is 0 Å². The lowest BCUT2D eigenvalue weighted by Crippen LogP contribution is -2.31. The molecular weight excluding hydrogens is 326 g/mol. The number of hydrogen-bond donors (Lipinski definition) is 2. The van der Waals surface area contributed by atoms with Gasteiger partial charge in [0.15, 0.2) is 5.16 Å². The molecule has 6 nitrogen and oxygen atoms in total. The summed E-state index contributed by atoms with van der Waals surface area (Å²) in [5.41, 5.74) is 1.06. The smallest absolute Gasteiger partial charge is 0.257 e. The molecule has 1 amide bonds. The summed E-state index contributed by atoms with van der Waals surface area (Å²) in [5.74, 6) is 3.36. The molecule has 1 aliphatic rings. The number of rotatable bonds is 4. The number of nitrogens with one attached hydrogen (secondary N) is 2. The van der Waals surface area contributed by atoms with Gasteiger partial charge in [-0.25, -0.2) is 4.98 Å². The van der Waals surface area contributed by atoms with Crippen LogP contribution in [0.3, 0.4) is 0 Å². The van der Waals surface area contributed by atoms with Crippen molar-refractivity contribution in [2.75, 3.05) is 18.2 Å². The van der Waals surface area contributed by atoms with Gasteiger partial charge in [-0.2, -0.15) is 0 Å². The van der Waals surface area contributed by atoms with Gasteiger partial charge in [-0.3, -0.25) is 9.59 Å². The zero-order valence-electron chi connectivity index (χ0n) is 13.0. The molecule has 7 heteroatoms. The largest absolute Gasteiger partial charge is 0.497 e. The van der Waals surface area contributed by atoms with Gasteiger partial charge >= 0.3 is 0 Å². The fourth-order valence-corrected chi connectivity index (χ4v) is 3.19. The van der Waals surface area contributed by atoms with Gasteiger partial charge < -0.3 is 15.0 Å². The minimum atomic E-state index is -0.345. The van der Waals surface area contributed by atoms with Crippen LogP contribution in [0.5, 0.6) is 5.75 Å². The lowest BCUT2D eigenvalue weighted by molar-refractivity contribution is -0.116. The number of methoxy groups -OCH3 is 1. The summed E-state index contributed by atoms with van der Waals surface area (Å²) in [5, 5.41) is 3.08. The molecule has 1 aromatic heterocycles. The molecule has 1 atom stereocenters. The second-order valence-corrected chi connectivity index (χ2v) is 6.17. The van der Waals surface area contributed by atoms with E-state index in [1.807, 2.05) is 12.1 Å². The molecule has 1 aliphatic heterocycles. The minimum absolute atomic E-state index is 0.172. The summed E-state index contributed by atoms with van der Waals surface area (Å²) < 4.78 is 5.15. The summed E-state index contributed by atoms with van der Waals surface area (Å²) >= 11 is 1.24. The van der Waals surface area contributed by atoms with Crippen LogP contribution in [0.15, 0.2) is 34.2 Å². The maximum absolute atomic E-state index is 12.5. The number of amides is 1. The van der Waals surface area contributed by atoms with Gasteiger partial charge in [-0.05, 0) is 17.7 Å². The first-order valence-electron chi connectivity index (χ1n) is 7.26. The number of aromatic amines is 1. The van der Waals surface area contributed by atoms with Crippen molar-refractivity contribution < 1.29 is 9.53 Å². The summed E-state index contributed by atoms with van der Waals surface area (Å²) in [6.07, 6.45) is 5.42. The molecule has 0 bridgehead atoms. The first-order valence-corrected chi connectivity index (χ1v) is 8.25. The Bertz CT molecular complexity index is 868. The zero-order chi connectivity index (χ0) is 17.1. The van der Waals surface area contributed by atoms with E-state index < -0.39 is 0 Å². The molecule has 0 saturated carbocycles. The van der Waals surface area contributed by atoms with E-state index in [2.05, 4.69) is 21.2 Å². The molecule has 24 heavy (non-hydrogen) atoms. The van der Waals surface area contributed by atoms with Gasteiger partial charge in [0, 0.05) is 12.3 Å². The van der Waals surface area contributed by atoms with E-state index in [1.165, 1.54) is 11.8 Å². The molecular formula is C17H15N3O3S. The number of H-pyrrole nitrogens is 1. The highest BCUT2D eigenvalue weighted by Gasteiger charge is 2.30. The third-order valence-electron chi connectivity index (χ3n) is 3.74. The number of nitrogens with zero attached hydrogens (tertiary/aromatic N) is 1. The molecule has 0 saturated heterocycles. The van der Waals surface area contributed by atoms with Gasteiger partial charge in [-0.15, -0.1) is 6.42 Å². The molecule has 122 valence electrons. The molecule has 0 aliphatic carbocycles. The van der Waals surface area contributed by atoms with Gasteiger partial charge in [0.25, 0.3) is 5.56 Å². The van der Waals surface area contributed by atoms with E-state index in [-0.39, 0.29) is 23.8 Å². The quantitative estimate of drug-likeness (QED) is 0.505. The van der Waals surface area contributed by atoms with Crippen LogP contribution in [0, 0.1) is 12.3 Å². The van der Waals surface area contributed by atoms with E-state index in [0.29, 0.717) is 28.0 Å². The number of carbonyl (C=O) groups excluding carboxylic acids is 1. The summed E-state index contributed by atoms with van der Waals surface area (Å²) in [6, 6.07) is 7.32. The predicted molar refractivity (Wildman–Crippen MR) is 92.5 cm³/mol. The standard InChI is InChI=1S/C17H15N3O3S/c1-3-8-24-17-19-15-14(16(22)20-17)12(9-13(21)18-15)10-4-6-11(23-2)7-5-10/h1,4-7,12H,8-9H2,2H3,(H2,18,19,20,21,22)/t12-/m0/s1. The predicted octanol–water partition coefficient (Wildman–Crippen LogP) is 1.98. The topological polar surface area (TPSA) is 84.1 Å². The maximum Gasteiger partial charge on any atom is 0.257 e. The lowest BCUT2D eigenvalue weighted by atomic mass is 9.87. The highest BCUT2D eigenvalue weighted by atomic mass is 32.2. The van der Waals surface area contributed by atoms with Crippen LogP contribution >= 0.6 is 11.8 Å². The minimum Gasteiger partial charge on any atom is -0.497 e. The van der Waals surface area contributed by atoms with Crippen LogP contribution in [-0.2, 0) is 4.79 Å². The highest BCUT2D eigenvalue weighted by Crippen LogP contribution is 2.34. The highest BCUT2D eigenvalue weighted by molar-refractivity contribution is 7.99. The Kier molecular flexibility index (Phi) is 4.58. The first kappa shape index (κ1) is 16.1. The Morgan fingerprint density at radius 2 is 2.12 bits per heavy atom. The Labute approximate surface area is 143 Å². The molecule has 0 unspecified atom stereocenters. The van der Waals surface area contributed by atoms with Gasteiger partial charge in [0.2, 0.25) is 5.91 Å². The molecule has 0 fully saturated rings. The van der Waals surface area contributed by atoms with E-state index in [0.717, 1.165) is 5.56 Å². The number of hydrogen-bond acceptors (Lipinski definition) is 5. The summed E-state index contributed by atoms with van der Waals surface area (Å²) in [6.45, 7) is 0. The van der Waals surface area contributed by atoms with Crippen molar-refractivity contribution in [3.63, 3.8) is 0 Å². The Morgan fingerprint density at radius 3 is 2.79 bits per heavy atom. The zero-order valence-corrected chi connectivity index (χ0v) is 13.8. The van der Waals surface area contributed by atoms with Crippen molar-refractivity contribution >= 4 is 23.5 Å². The van der Waals surface area contributed by atoms with Crippen molar-refractivity contribution in [1.29, 1.82) is 0 Å². The maximum atomic E-state index is 12.5. The van der Waals surface area contributed by atoms with E-state index in [9.17, 15) is 9.59 Å². The van der Waals surface area contributed by atoms with E-state index in [4.69, 9.17) is 11.2 Å². The van der Waals surface area contributed by atoms with Gasteiger partial charge in [0.05, 0.1) is 18.4 Å². The normalized spacial score (nSPS) is 16.0. The average molecular weight is 341 g/mol. The summed E-state index contributed by atoms with van der Waals surface area (Å²) in [4.78, 5) is 31.6. The first-order chi connectivity index (χ1) is 11.6. The van der Waals surface area contributed by atoms with Crippen LogP contribution in [0.4, 0.5) is 5.82 Å². The van der Waals surface area contributed by atoms with Gasteiger partial charge in [-0.1, -0.05) is 29.8 Å². The SMILES string of the molecule is C#CCSc1nc2c(c(=O)[nH]1)[C@H](c1ccc(OC)cc1)CC(=O)N2. The number of fused-ring (bicyclic) bond motifs is 1. The van der Waals surface area contributed by atoms with Crippen molar-refractivity contribution in [2.45, 2.75) is 17.5 Å². The molecule has 0 spiro atoms. The van der Waals surface area contributed by atoms with Crippen molar-refractivity contribution in [3.05, 3.63) is 45.7 Å². The van der Waals surface area contributed by atoms with Crippen molar-refractivity contribution in [3.8, 4) is 18.1 Å². The van der Waals surface area contributed by atoms with Crippen LogP contribution < -0.4 is 15.6 Å². The molecule has 2 aromatic rings. The Morgan fingerprint density at radius 1 is 1.38 bits per heavy atom. The van der Waals surface area contributed by atoms with E-state index >= 15 is 0 Å². The van der Waals surface area contributed by atoms with Crippen molar-refractivity contribution in [2.24, 2.45) is 0 Å². The van der Waals surface area contributed by atoms with Crippen LogP contribution in [-0.4, -0.2) is 28.7 Å². The number of terminal acetylenes is 1. The number of thioether (sulfide) groups is 1. The summed E-state index contributed by atoms with van der Waals surface area (Å²) in [7, 11) is 1.59. The lowest BCUT2D eigenvalue weighted by Gasteiger charge is -2.24. The average Bonchev–Trinajstić information content (AvgIpc) is 2.59. The fraction of sp³-hybridized carbons (Fsp3) is 0.235. The third kappa shape index (κ3) is 3.14. The number of carbonyl (C=O) groups is 1. The molecule has 1 aromatic carbocycles. The fourth-order valence-electron chi connectivity index (χ4n) is 2.65. The second-order valence-electron chi connectivity index (χ2n) is 5.20. The Hall–Kier alpha value is -2.72. The van der Waals surface area contributed by atoms with Crippen LogP contribution in [0.1, 0.15) is 23.5 Å². The molecule has 2 heterocycles. The number of aromatic nitrogens is 2. The molecule has 0 radical (unpaired) electrons. The third-order valence-corrected chi connectivity index (χ3v) is 4.52. The van der Waals surface area contributed by atoms with Crippen molar-refractivity contribution in [1.82, 2.24) is 9.97 Å².